The molecule has 1 aliphatic heterocycles. The van der Waals surface area contributed by atoms with Crippen LogP contribution in [0.2, 0.25) is 0 Å². The molecule has 0 aliphatic carbocycles. The number of nitrogens with zero attached hydrogens (tertiary/aromatic N) is 2. The molecule has 0 unspecified atom stereocenters. The van der Waals surface area contributed by atoms with Crippen molar-refractivity contribution in [2.24, 2.45) is 4.99 Å². The standard InChI is InChI=1S/C19H38N4O3.HI/c1-5-20-18(21-11-9-7-6-8-10-17(24)25-4)22-16-19(2,3)23-12-14-26-15-13-23;/h5-16H2,1-4H3,(H2,20,21,22);1H. The highest BCUT2D eigenvalue weighted by molar-refractivity contribution is 14.0. The summed E-state index contributed by atoms with van der Waals surface area (Å²) in [4.78, 5) is 18.3. The minimum atomic E-state index is -0.118. The third kappa shape index (κ3) is 11.7. The van der Waals surface area contributed by atoms with Crippen molar-refractivity contribution in [2.75, 3.05) is 53.0 Å². The lowest BCUT2D eigenvalue weighted by Gasteiger charge is -2.39. The van der Waals surface area contributed by atoms with Gasteiger partial charge in [0.25, 0.3) is 0 Å². The molecule has 1 saturated heterocycles. The lowest BCUT2D eigenvalue weighted by Crippen LogP contribution is -2.52. The summed E-state index contributed by atoms with van der Waals surface area (Å²) >= 11 is 0. The van der Waals surface area contributed by atoms with E-state index < -0.39 is 0 Å². The first-order valence-electron chi connectivity index (χ1n) is 9.91. The van der Waals surface area contributed by atoms with E-state index in [0.717, 1.165) is 77.6 Å². The maximum absolute atomic E-state index is 11.1. The lowest BCUT2D eigenvalue weighted by molar-refractivity contribution is -0.140. The van der Waals surface area contributed by atoms with Gasteiger partial charge in [0.05, 0.1) is 26.9 Å². The lowest BCUT2D eigenvalue weighted by atomic mass is 10.0. The molecule has 0 aromatic heterocycles. The van der Waals surface area contributed by atoms with Crippen molar-refractivity contribution in [3.63, 3.8) is 0 Å². The first-order valence-corrected chi connectivity index (χ1v) is 9.91. The van der Waals surface area contributed by atoms with Crippen molar-refractivity contribution in [2.45, 2.75) is 58.4 Å². The van der Waals surface area contributed by atoms with E-state index >= 15 is 0 Å². The van der Waals surface area contributed by atoms with E-state index in [1.54, 1.807) is 0 Å². The van der Waals surface area contributed by atoms with Gasteiger partial charge in [-0.15, -0.1) is 24.0 Å². The molecule has 0 aromatic rings. The maximum Gasteiger partial charge on any atom is 0.305 e. The van der Waals surface area contributed by atoms with Crippen molar-refractivity contribution in [1.82, 2.24) is 15.5 Å². The van der Waals surface area contributed by atoms with Gasteiger partial charge in [-0.25, -0.2) is 0 Å². The predicted molar refractivity (Wildman–Crippen MR) is 121 cm³/mol. The summed E-state index contributed by atoms with van der Waals surface area (Å²) in [6, 6.07) is 0. The van der Waals surface area contributed by atoms with E-state index in [0.29, 0.717) is 6.42 Å². The number of ether oxygens (including phenoxy) is 2. The van der Waals surface area contributed by atoms with Crippen LogP contribution in [0.5, 0.6) is 0 Å². The first kappa shape index (κ1) is 26.4. The molecule has 1 fully saturated rings. The Bertz CT molecular complexity index is 427. The molecule has 27 heavy (non-hydrogen) atoms. The summed E-state index contributed by atoms with van der Waals surface area (Å²) in [7, 11) is 1.44. The van der Waals surface area contributed by atoms with Crippen LogP contribution in [-0.2, 0) is 14.3 Å². The van der Waals surface area contributed by atoms with Crippen LogP contribution in [0.25, 0.3) is 0 Å². The molecule has 2 N–H and O–H groups in total. The molecule has 1 heterocycles. The van der Waals surface area contributed by atoms with Crippen molar-refractivity contribution in [3.05, 3.63) is 0 Å². The second-order valence-electron chi connectivity index (χ2n) is 7.27. The van der Waals surface area contributed by atoms with Crippen LogP contribution in [0.15, 0.2) is 4.99 Å². The molecule has 8 heteroatoms. The zero-order valence-electron chi connectivity index (χ0n) is 17.5. The zero-order chi connectivity index (χ0) is 19.3. The average molecular weight is 498 g/mol. The number of aliphatic imine (C=N–C) groups is 1. The average Bonchev–Trinajstić information content (AvgIpc) is 2.65. The van der Waals surface area contributed by atoms with Crippen molar-refractivity contribution in [3.8, 4) is 0 Å². The highest BCUT2D eigenvalue weighted by atomic mass is 127. The molecule has 0 amide bonds. The fourth-order valence-corrected chi connectivity index (χ4v) is 2.94. The monoisotopic (exact) mass is 498 g/mol. The number of morpholine rings is 1. The number of unbranched alkanes of at least 4 members (excludes halogenated alkanes) is 3. The van der Waals surface area contributed by atoms with Crippen molar-refractivity contribution < 1.29 is 14.3 Å². The van der Waals surface area contributed by atoms with Gasteiger partial charge in [-0.3, -0.25) is 14.7 Å². The highest BCUT2D eigenvalue weighted by Crippen LogP contribution is 2.16. The molecular weight excluding hydrogens is 459 g/mol. The maximum atomic E-state index is 11.1. The topological polar surface area (TPSA) is 75.2 Å². The minimum Gasteiger partial charge on any atom is -0.469 e. The molecule has 0 saturated carbocycles. The molecular formula is C19H39IN4O3. The molecule has 0 aromatic carbocycles. The molecule has 1 aliphatic rings. The Balaban J connectivity index is 0.00000676. The Morgan fingerprint density at radius 3 is 2.44 bits per heavy atom. The third-order valence-corrected chi connectivity index (χ3v) is 4.66. The molecule has 160 valence electrons. The largest absolute Gasteiger partial charge is 0.469 e. The Morgan fingerprint density at radius 1 is 1.15 bits per heavy atom. The van der Waals surface area contributed by atoms with Crippen LogP contribution in [0.1, 0.15) is 52.9 Å². The number of esters is 1. The van der Waals surface area contributed by atoms with Gasteiger partial charge in [-0.05, 0) is 33.6 Å². The Morgan fingerprint density at radius 2 is 1.81 bits per heavy atom. The van der Waals surface area contributed by atoms with Gasteiger partial charge in [0.15, 0.2) is 5.96 Å². The normalized spacial score (nSPS) is 15.8. The van der Waals surface area contributed by atoms with Crippen LogP contribution in [-0.4, -0.2) is 75.4 Å². The summed E-state index contributed by atoms with van der Waals surface area (Å²) in [6.07, 6.45) is 4.63. The summed E-state index contributed by atoms with van der Waals surface area (Å²) in [5, 5.41) is 6.73. The number of halogens is 1. The molecule has 0 spiro atoms. The SMILES string of the molecule is CCNC(=NCC(C)(C)N1CCOCC1)NCCCCCCC(=O)OC.I. The van der Waals surface area contributed by atoms with E-state index in [2.05, 4.69) is 41.0 Å². The number of methoxy groups -OCH3 is 1. The van der Waals surface area contributed by atoms with Gasteiger partial charge in [-0.2, -0.15) is 0 Å². The van der Waals surface area contributed by atoms with Crippen LogP contribution < -0.4 is 10.6 Å². The smallest absolute Gasteiger partial charge is 0.305 e. The summed E-state index contributed by atoms with van der Waals surface area (Å²) in [6.45, 7) is 12.6. The number of carbonyl (C=O) groups is 1. The van der Waals surface area contributed by atoms with Gasteiger partial charge >= 0.3 is 5.97 Å². The van der Waals surface area contributed by atoms with E-state index in [1.807, 2.05) is 0 Å². The Labute approximate surface area is 182 Å². The van der Waals surface area contributed by atoms with Crippen LogP contribution >= 0.6 is 24.0 Å². The Kier molecular flexibility index (Phi) is 15.0. The fourth-order valence-electron chi connectivity index (χ4n) is 2.94. The number of rotatable bonds is 11. The van der Waals surface area contributed by atoms with Gasteiger partial charge in [0.2, 0.25) is 0 Å². The van der Waals surface area contributed by atoms with Crippen molar-refractivity contribution >= 4 is 35.9 Å². The molecule has 0 radical (unpaired) electrons. The fraction of sp³-hybridized carbons (Fsp3) is 0.895. The summed E-state index contributed by atoms with van der Waals surface area (Å²) < 4.78 is 10.1. The second-order valence-corrected chi connectivity index (χ2v) is 7.27. The number of guanidine groups is 1. The van der Waals surface area contributed by atoms with Crippen LogP contribution in [0.3, 0.4) is 0 Å². The second kappa shape index (κ2) is 15.3. The number of nitrogens with one attached hydrogen (secondary N) is 2. The first-order chi connectivity index (χ1) is 12.5. The van der Waals surface area contributed by atoms with Gasteiger partial charge in [0.1, 0.15) is 0 Å². The quantitative estimate of drug-likeness (QED) is 0.150. The van der Waals surface area contributed by atoms with E-state index in [-0.39, 0.29) is 35.5 Å². The van der Waals surface area contributed by atoms with Gasteiger partial charge in [-0.1, -0.05) is 12.8 Å². The van der Waals surface area contributed by atoms with Gasteiger partial charge < -0.3 is 20.1 Å². The number of hydrogen-bond acceptors (Lipinski definition) is 5. The van der Waals surface area contributed by atoms with E-state index in [4.69, 9.17) is 9.73 Å². The molecule has 1 rings (SSSR count). The summed E-state index contributed by atoms with van der Waals surface area (Å²) in [5.74, 6) is 0.760. The van der Waals surface area contributed by atoms with Crippen LogP contribution in [0, 0.1) is 0 Å². The van der Waals surface area contributed by atoms with Gasteiger partial charge in [0, 0.05) is 38.1 Å². The summed E-state index contributed by atoms with van der Waals surface area (Å²) in [5.41, 5.74) is 0.0278. The van der Waals surface area contributed by atoms with Crippen molar-refractivity contribution in [1.29, 1.82) is 0 Å². The minimum absolute atomic E-state index is 0. The highest BCUT2D eigenvalue weighted by Gasteiger charge is 2.28. The molecule has 7 nitrogen and oxygen atoms in total. The number of carbonyl (C=O) groups excluding carboxylic acids is 1. The van der Waals surface area contributed by atoms with E-state index in [1.165, 1.54) is 7.11 Å². The zero-order valence-corrected chi connectivity index (χ0v) is 19.8. The van der Waals surface area contributed by atoms with Crippen LogP contribution in [0.4, 0.5) is 0 Å². The molecule has 0 atom stereocenters. The third-order valence-electron chi connectivity index (χ3n) is 4.66. The predicted octanol–water partition coefficient (Wildman–Crippen LogP) is 2.39. The number of hydrogen-bond donors (Lipinski definition) is 2. The molecule has 0 bridgehead atoms. The Hall–Kier alpha value is -0.610. The van der Waals surface area contributed by atoms with E-state index in [9.17, 15) is 4.79 Å².